The summed E-state index contributed by atoms with van der Waals surface area (Å²) in [6, 6.07) is 18.3. The van der Waals surface area contributed by atoms with E-state index in [0.717, 1.165) is 66.2 Å². The molecule has 0 saturated carbocycles. The van der Waals surface area contributed by atoms with Gasteiger partial charge in [0.25, 0.3) is 5.56 Å². The fraction of sp³-hybridized carbons (Fsp3) is 0.360. The molecule has 7 heteroatoms. The second kappa shape index (κ2) is 9.40. The predicted octanol–water partition coefficient (Wildman–Crippen LogP) is 3.87. The molecule has 2 aromatic carbocycles. The summed E-state index contributed by atoms with van der Waals surface area (Å²) in [5.41, 5.74) is 2.06. The lowest BCUT2D eigenvalue weighted by Gasteiger charge is -2.32. The number of nitrogens with zero attached hydrogens (tertiary/aromatic N) is 3. The summed E-state index contributed by atoms with van der Waals surface area (Å²) in [4.78, 5) is 19.7. The molecule has 0 radical (unpaired) electrons. The minimum Gasteiger partial charge on any atom is -0.497 e. The predicted molar refractivity (Wildman–Crippen MR) is 131 cm³/mol. The Kier molecular flexibility index (Phi) is 6.21. The topological polar surface area (TPSA) is 59.4 Å². The highest BCUT2D eigenvalue weighted by Crippen LogP contribution is 2.22. The summed E-state index contributed by atoms with van der Waals surface area (Å²) in [6.45, 7) is 4.48. The summed E-state index contributed by atoms with van der Waals surface area (Å²) in [5, 5.41) is 5.90. The van der Waals surface area contributed by atoms with Gasteiger partial charge in [-0.05, 0) is 61.6 Å². The van der Waals surface area contributed by atoms with Crippen LogP contribution in [-0.4, -0.2) is 47.2 Å². The molecule has 4 aromatic rings. The largest absolute Gasteiger partial charge is 0.497 e. The lowest BCUT2D eigenvalue weighted by Crippen LogP contribution is -2.43. The van der Waals surface area contributed by atoms with Crippen molar-refractivity contribution in [2.45, 2.75) is 32.0 Å². The molecule has 0 bridgehead atoms. The number of para-hydroxylation sites is 1. The van der Waals surface area contributed by atoms with Crippen molar-refractivity contribution in [2.75, 3.05) is 26.7 Å². The standard InChI is InChI=1S/C25H28N4O2S/c1-31-20-8-6-18-7-9-25(30)29(22(18)16-20)15-14-28-12-10-19(11-13-28)26-17-24-27-21-4-2-3-5-23(21)32-24/h2-9,16,19,26H,10-15,17H2,1H3. The minimum atomic E-state index is 0.0399. The van der Waals surface area contributed by atoms with Gasteiger partial charge in [0.05, 0.1) is 22.8 Å². The van der Waals surface area contributed by atoms with Crippen LogP contribution in [0.3, 0.4) is 0 Å². The fourth-order valence-corrected chi connectivity index (χ4v) is 5.37. The Hall–Kier alpha value is -2.74. The number of aromatic nitrogens is 2. The maximum absolute atomic E-state index is 12.5. The first-order chi connectivity index (χ1) is 15.7. The Morgan fingerprint density at radius 1 is 1.09 bits per heavy atom. The molecule has 32 heavy (non-hydrogen) atoms. The van der Waals surface area contributed by atoms with E-state index in [9.17, 15) is 4.79 Å². The Labute approximate surface area is 191 Å². The van der Waals surface area contributed by atoms with E-state index in [2.05, 4.69) is 28.4 Å². The van der Waals surface area contributed by atoms with E-state index >= 15 is 0 Å². The van der Waals surface area contributed by atoms with Crippen molar-refractivity contribution < 1.29 is 4.74 Å². The smallest absolute Gasteiger partial charge is 0.251 e. The van der Waals surface area contributed by atoms with E-state index in [1.807, 2.05) is 34.9 Å². The second-order valence-corrected chi connectivity index (χ2v) is 9.44. The van der Waals surface area contributed by atoms with Crippen LogP contribution >= 0.6 is 11.3 Å². The van der Waals surface area contributed by atoms with Crippen LogP contribution in [0.5, 0.6) is 5.75 Å². The monoisotopic (exact) mass is 448 g/mol. The van der Waals surface area contributed by atoms with Crippen molar-refractivity contribution in [3.63, 3.8) is 0 Å². The third-order valence-corrected chi connectivity index (χ3v) is 7.34. The van der Waals surface area contributed by atoms with Gasteiger partial charge in [0.1, 0.15) is 10.8 Å². The molecule has 0 amide bonds. The molecule has 0 spiro atoms. The number of likely N-dealkylation sites (tertiary alicyclic amines) is 1. The molecule has 166 valence electrons. The molecule has 1 aliphatic heterocycles. The third kappa shape index (κ3) is 4.55. The first-order valence-electron chi connectivity index (χ1n) is 11.2. The van der Waals surface area contributed by atoms with E-state index in [4.69, 9.17) is 9.72 Å². The fourth-order valence-electron chi connectivity index (χ4n) is 4.45. The summed E-state index contributed by atoms with van der Waals surface area (Å²) >= 11 is 1.77. The lowest BCUT2D eigenvalue weighted by molar-refractivity contribution is 0.191. The van der Waals surface area contributed by atoms with Crippen LogP contribution in [0.4, 0.5) is 0 Å². The summed E-state index contributed by atoms with van der Waals surface area (Å²) in [5.74, 6) is 0.775. The summed E-state index contributed by atoms with van der Waals surface area (Å²) < 4.78 is 8.48. The van der Waals surface area contributed by atoms with Gasteiger partial charge in [0.15, 0.2) is 0 Å². The summed E-state index contributed by atoms with van der Waals surface area (Å²) in [6.07, 6.45) is 2.23. The number of piperidine rings is 1. The van der Waals surface area contributed by atoms with Gasteiger partial charge in [0, 0.05) is 37.8 Å². The zero-order chi connectivity index (χ0) is 21.9. The highest BCUT2D eigenvalue weighted by atomic mass is 32.1. The zero-order valence-corrected chi connectivity index (χ0v) is 19.1. The Bertz CT molecular complexity index is 1240. The van der Waals surface area contributed by atoms with Crippen LogP contribution < -0.4 is 15.6 Å². The number of methoxy groups -OCH3 is 1. The highest BCUT2D eigenvalue weighted by Gasteiger charge is 2.19. The van der Waals surface area contributed by atoms with Crippen molar-refractivity contribution in [3.8, 4) is 5.75 Å². The number of pyridine rings is 1. The average molecular weight is 449 g/mol. The maximum atomic E-state index is 12.5. The average Bonchev–Trinajstić information content (AvgIpc) is 3.25. The molecule has 5 rings (SSSR count). The van der Waals surface area contributed by atoms with Crippen molar-refractivity contribution in [1.82, 2.24) is 19.8 Å². The maximum Gasteiger partial charge on any atom is 0.251 e. The molecular weight excluding hydrogens is 420 g/mol. The number of fused-ring (bicyclic) bond motifs is 2. The van der Waals surface area contributed by atoms with Crippen LogP contribution in [-0.2, 0) is 13.1 Å². The van der Waals surface area contributed by atoms with E-state index in [1.165, 1.54) is 4.70 Å². The number of thiazole rings is 1. The molecule has 2 aromatic heterocycles. The molecule has 1 fully saturated rings. The van der Waals surface area contributed by atoms with Crippen molar-refractivity contribution >= 4 is 32.5 Å². The van der Waals surface area contributed by atoms with E-state index < -0.39 is 0 Å². The normalized spacial score (nSPS) is 15.5. The van der Waals surface area contributed by atoms with Crippen LogP contribution in [0.25, 0.3) is 21.1 Å². The van der Waals surface area contributed by atoms with Gasteiger partial charge in [-0.3, -0.25) is 4.79 Å². The van der Waals surface area contributed by atoms with Gasteiger partial charge >= 0.3 is 0 Å². The van der Waals surface area contributed by atoms with Gasteiger partial charge < -0.3 is 19.5 Å². The van der Waals surface area contributed by atoms with Gasteiger partial charge in [-0.1, -0.05) is 12.1 Å². The third-order valence-electron chi connectivity index (χ3n) is 6.31. The van der Waals surface area contributed by atoms with Crippen LogP contribution in [0.2, 0.25) is 0 Å². The molecule has 0 aliphatic carbocycles. The van der Waals surface area contributed by atoms with Gasteiger partial charge in [0.2, 0.25) is 0 Å². The summed E-state index contributed by atoms with van der Waals surface area (Å²) in [7, 11) is 1.65. The molecule has 6 nitrogen and oxygen atoms in total. The number of hydrogen-bond donors (Lipinski definition) is 1. The van der Waals surface area contributed by atoms with Crippen molar-refractivity contribution in [2.24, 2.45) is 0 Å². The number of rotatable bonds is 7. The lowest BCUT2D eigenvalue weighted by atomic mass is 10.1. The van der Waals surface area contributed by atoms with Crippen LogP contribution in [0.15, 0.2) is 59.4 Å². The van der Waals surface area contributed by atoms with Crippen molar-refractivity contribution in [3.05, 3.63) is 70.0 Å². The Balaban J connectivity index is 1.15. The van der Waals surface area contributed by atoms with Crippen molar-refractivity contribution in [1.29, 1.82) is 0 Å². The second-order valence-electron chi connectivity index (χ2n) is 8.32. The molecule has 1 saturated heterocycles. The Morgan fingerprint density at radius 3 is 2.72 bits per heavy atom. The molecule has 3 heterocycles. The van der Waals surface area contributed by atoms with E-state index in [-0.39, 0.29) is 5.56 Å². The highest BCUT2D eigenvalue weighted by molar-refractivity contribution is 7.18. The van der Waals surface area contributed by atoms with Gasteiger partial charge in [-0.25, -0.2) is 4.98 Å². The van der Waals surface area contributed by atoms with Gasteiger partial charge in [-0.2, -0.15) is 0 Å². The van der Waals surface area contributed by atoms with E-state index in [0.29, 0.717) is 12.6 Å². The first kappa shape index (κ1) is 21.1. The van der Waals surface area contributed by atoms with Crippen LogP contribution in [0, 0.1) is 0 Å². The van der Waals surface area contributed by atoms with E-state index in [1.54, 1.807) is 24.5 Å². The number of ether oxygens (including phenoxy) is 1. The number of nitrogens with one attached hydrogen (secondary N) is 1. The number of benzene rings is 2. The molecule has 0 atom stereocenters. The quantitative estimate of drug-likeness (QED) is 0.465. The molecule has 1 aliphatic rings. The molecular formula is C25H28N4O2S. The van der Waals surface area contributed by atoms with Crippen LogP contribution in [0.1, 0.15) is 17.8 Å². The molecule has 1 N–H and O–H groups in total. The Morgan fingerprint density at radius 2 is 1.91 bits per heavy atom. The zero-order valence-electron chi connectivity index (χ0n) is 18.3. The molecule has 0 unspecified atom stereocenters. The van der Waals surface area contributed by atoms with Gasteiger partial charge in [-0.15, -0.1) is 11.3 Å². The minimum absolute atomic E-state index is 0.0399. The first-order valence-corrected chi connectivity index (χ1v) is 12.0. The SMILES string of the molecule is COc1ccc2ccc(=O)n(CCN3CCC(NCc4nc5ccccc5s4)CC3)c2c1. The number of hydrogen-bond acceptors (Lipinski definition) is 6.